The number of carbonyl (C=O) groups is 2. The number of fused-ring (bicyclic) bond motifs is 1. The molecule has 0 radical (unpaired) electrons. The highest BCUT2D eigenvalue weighted by molar-refractivity contribution is 5.91. The highest BCUT2D eigenvalue weighted by atomic mass is 16.4. The lowest BCUT2D eigenvalue weighted by Crippen LogP contribution is -2.65. The first kappa shape index (κ1) is 17.7. The van der Waals surface area contributed by atoms with Gasteiger partial charge < -0.3 is 20.6 Å². The molecule has 6 nitrogen and oxygen atoms in total. The summed E-state index contributed by atoms with van der Waals surface area (Å²) < 4.78 is 0. The maximum Gasteiger partial charge on any atom is 0.311 e. The van der Waals surface area contributed by atoms with Gasteiger partial charge in [-0.15, -0.1) is 0 Å². The Bertz CT molecular complexity index is 971. The van der Waals surface area contributed by atoms with Gasteiger partial charge in [0.05, 0.1) is 5.92 Å². The van der Waals surface area contributed by atoms with E-state index in [2.05, 4.69) is 5.32 Å². The molecule has 6 heteroatoms. The smallest absolute Gasteiger partial charge is 0.311 e. The van der Waals surface area contributed by atoms with E-state index in [1.165, 1.54) is 0 Å². The Morgan fingerprint density at radius 2 is 1.52 bits per heavy atom. The zero-order chi connectivity index (χ0) is 19.6. The first-order chi connectivity index (χ1) is 12.8. The molecule has 0 saturated heterocycles. The Hall–Kier alpha value is -2.70. The second-order valence-corrected chi connectivity index (χ2v) is 7.32. The maximum atomic E-state index is 12.9. The summed E-state index contributed by atoms with van der Waals surface area (Å²) in [4.78, 5) is 25.2. The Kier molecular flexibility index (Phi) is 3.70. The number of hydrogen-bond acceptors (Lipinski definition) is 4. The summed E-state index contributed by atoms with van der Waals surface area (Å²) in [6, 6.07) is 11.8. The molecule has 2 aromatic rings. The van der Waals surface area contributed by atoms with Crippen LogP contribution in [0.3, 0.4) is 0 Å². The molecule has 0 fully saturated rings. The van der Waals surface area contributed by atoms with Crippen molar-refractivity contribution in [3.8, 4) is 0 Å². The van der Waals surface area contributed by atoms with Crippen molar-refractivity contribution in [1.29, 1.82) is 0 Å². The zero-order valence-electron chi connectivity index (χ0n) is 15.1. The number of amides is 1. The molecule has 140 valence electrons. The predicted octanol–water partition coefficient (Wildman–Crippen LogP) is 1.25. The third-order valence-electron chi connectivity index (χ3n) is 5.88. The molecule has 0 aliphatic heterocycles. The first-order valence-corrected chi connectivity index (χ1v) is 8.94. The van der Waals surface area contributed by atoms with Gasteiger partial charge in [-0.2, -0.15) is 0 Å². The molecule has 2 bridgehead atoms. The van der Waals surface area contributed by atoms with Gasteiger partial charge in [-0.25, -0.2) is 0 Å². The maximum absolute atomic E-state index is 12.9. The minimum atomic E-state index is -1.91. The molecule has 2 aromatic carbocycles. The second kappa shape index (κ2) is 5.65. The summed E-state index contributed by atoms with van der Waals surface area (Å²) in [5, 5.41) is 36.3. The van der Waals surface area contributed by atoms with Gasteiger partial charge in [-0.05, 0) is 36.1 Å². The highest BCUT2D eigenvalue weighted by Gasteiger charge is 2.69. The molecule has 3 aliphatic carbocycles. The molecule has 4 N–H and O–H groups in total. The first-order valence-electron chi connectivity index (χ1n) is 8.94. The monoisotopic (exact) mass is 367 g/mol. The molecule has 0 heterocycles. The molecule has 5 rings (SSSR count). The van der Waals surface area contributed by atoms with Gasteiger partial charge in [0.15, 0.2) is 0 Å². The van der Waals surface area contributed by atoms with Crippen LogP contribution >= 0.6 is 0 Å². The fourth-order valence-electron chi connectivity index (χ4n) is 4.84. The SMILES string of the molecule is CCNC(=O)C1C(C(=O)O)C2(O)c3ccccc3C1(O)c1ccc(C)cc12. The normalized spacial score (nSPS) is 30.4. The Balaban J connectivity index is 2.14. The number of carboxylic acid groups (broad SMARTS) is 1. The van der Waals surface area contributed by atoms with Crippen LogP contribution in [0.2, 0.25) is 0 Å². The third-order valence-corrected chi connectivity index (χ3v) is 5.88. The quantitative estimate of drug-likeness (QED) is 0.653. The van der Waals surface area contributed by atoms with Crippen LogP contribution in [0.5, 0.6) is 0 Å². The van der Waals surface area contributed by atoms with Crippen molar-refractivity contribution >= 4 is 11.9 Å². The summed E-state index contributed by atoms with van der Waals surface area (Å²) in [6.07, 6.45) is 0. The van der Waals surface area contributed by atoms with Crippen LogP contribution < -0.4 is 5.32 Å². The Labute approximate surface area is 156 Å². The summed E-state index contributed by atoms with van der Waals surface area (Å²) >= 11 is 0. The van der Waals surface area contributed by atoms with Crippen LogP contribution in [0, 0.1) is 18.8 Å². The number of carbonyl (C=O) groups excluding carboxylic acids is 1. The topological polar surface area (TPSA) is 107 Å². The van der Waals surface area contributed by atoms with E-state index in [4.69, 9.17) is 0 Å². The van der Waals surface area contributed by atoms with Crippen molar-refractivity contribution in [3.05, 3.63) is 70.3 Å². The van der Waals surface area contributed by atoms with E-state index in [9.17, 15) is 24.9 Å². The van der Waals surface area contributed by atoms with E-state index in [0.29, 0.717) is 28.8 Å². The van der Waals surface area contributed by atoms with E-state index in [0.717, 1.165) is 5.56 Å². The van der Waals surface area contributed by atoms with Crippen molar-refractivity contribution in [2.45, 2.75) is 25.0 Å². The van der Waals surface area contributed by atoms with Gasteiger partial charge in [0.25, 0.3) is 0 Å². The van der Waals surface area contributed by atoms with Crippen molar-refractivity contribution in [2.75, 3.05) is 6.54 Å². The van der Waals surface area contributed by atoms with E-state index < -0.39 is 34.9 Å². The third kappa shape index (κ3) is 2.02. The summed E-state index contributed by atoms with van der Waals surface area (Å²) in [6.45, 7) is 3.84. The fraction of sp³-hybridized carbons (Fsp3) is 0.333. The van der Waals surface area contributed by atoms with Crippen LogP contribution in [0.25, 0.3) is 0 Å². The number of benzene rings is 2. The Morgan fingerprint density at radius 3 is 2.07 bits per heavy atom. The largest absolute Gasteiger partial charge is 0.481 e. The molecule has 4 atom stereocenters. The molecule has 1 amide bonds. The molecule has 4 unspecified atom stereocenters. The molecule has 3 aliphatic rings. The standard InChI is InChI=1S/C21H21NO5/c1-3-22-18(23)16-17(19(24)25)21(27)13-7-5-4-6-12(13)20(16,26)14-9-8-11(2)10-15(14)21/h4-10,16-17,26-27H,3H2,1-2H3,(H,22,23)(H,24,25). The van der Waals surface area contributed by atoms with Crippen LogP contribution in [0.15, 0.2) is 42.5 Å². The lowest BCUT2D eigenvalue weighted by atomic mass is 9.49. The summed E-state index contributed by atoms with van der Waals surface area (Å²) in [5.74, 6) is -4.79. The summed E-state index contributed by atoms with van der Waals surface area (Å²) in [7, 11) is 0. The molecule has 0 aromatic heterocycles. The van der Waals surface area contributed by atoms with Gasteiger partial charge in [0, 0.05) is 6.54 Å². The zero-order valence-corrected chi connectivity index (χ0v) is 15.1. The molecular weight excluding hydrogens is 346 g/mol. The molecular formula is C21H21NO5. The molecule has 0 spiro atoms. The number of nitrogens with one attached hydrogen (secondary N) is 1. The van der Waals surface area contributed by atoms with Crippen LogP contribution in [0.4, 0.5) is 0 Å². The lowest BCUT2D eigenvalue weighted by molar-refractivity contribution is -0.179. The average molecular weight is 367 g/mol. The summed E-state index contributed by atoms with van der Waals surface area (Å²) in [5.41, 5.74) is -1.50. The molecule has 0 saturated carbocycles. The van der Waals surface area contributed by atoms with Crippen molar-refractivity contribution in [1.82, 2.24) is 5.32 Å². The van der Waals surface area contributed by atoms with Crippen molar-refractivity contribution in [3.63, 3.8) is 0 Å². The average Bonchev–Trinajstić information content (AvgIpc) is 2.63. The van der Waals surface area contributed by atoms with E-state index in [1.807, 2.05) is 6.92 Å². The number of aliphatic hydroxyl groups is 2. The van der Waals surface area contributed by atoms with Gasteiger partial charge in [0.1, 0.15) is 17.1 Å². The fourth-order valence-corrected chi connectivity index (χ4v) is 4.84. The highest BCUT2D eigenvalue weighted by Crippen LogP contribution is 2.62. The number of aryl methyl sites for hydroxylation is 1. The van der Waals surface area contributed by atoms with Crippen molar-refractivity contribution < 1.29 is 24.9 Å². The van der Waals surface area contributed by atoms with E-state index in [-0.39, 0.29) is 0 Å². The van der Waals surface area contributed by atoms with Crippen molar-refractivity contribution in [2.24, 2.45) is 11.8 Å². The van der Waals surface area contributed by atoms with E-state index >= 15 is 0 Å². The van der Waals surface area contributed by atoms with Gasteiger partial charge in [-0.1, -0.05) is 48.0 Å². The number of carboxylic acids is 1. The van der Waals surface area contributed by atoms with Crippen LogP contribution in [-0.4, -0.2) is 33.7 Å². The Morgan fingerprint density at radius 1 is 0.963 bits per heavy atom. The lowest BCUT2D eigenvalue weighted by Gasteiger charge is -2.57. The van der Waals surface area contributed by atoms with Crippen LogP contribution in [-0.2, 0) is 20.8 Å². The van der Waals surface area contributed by atoms with Crippen LogP contribution in [0.1, 0.15) is 34.7 Å². The van der Waals surface area contributed by atoms with E-state index in [1.54, 1.807) is 49.4 Å². The predicted molar refractivity (Wildman–Crippen MR) is 96.9 cm³/mol. The van der Waals surface area contributed by atoms with Gasteiger partial charge >= 0.3 is 5.97 Å². The molecule has 27 heavy (non-hydrogen) atoms. The number of aliphatic carboxylic acids is 1. The van der Waals surface area contributed by atoms with Gasteiger partial charge in [0.2, 0.25) is 5.91 Å². The second-order valence-electron chi connectivity index (χ2n) is 7.32. The minimum Gasteiger partial charge on any atom is -0.481 e. The van der Waals surface area contributed by atoms with Gasteiger partial charge in [-0.3, -0.25) is 9.59 Å². The number of rotatable bonds is 3. The number of hydrogen-bond donors (Lipinski definition) is 4. The minimum absolute atomic E-state index is 0.290.